The van der Waals surface area contributed by atoms with Crippen molar-refractivity contribution in [3.8, 4) is 40.1 Å². The molecule has 13 nitrogen and oxygen atoms in total. The minimum absolute atomic E-state index is 0.0483. The van der Waals surface area contributed by atoms with Crippen LogP contribution in [-0.4, -0.2) is 77.5 Å². The molecule has 1 fully saturated rings. The second-order valence-electron chi connectivity index (χ2n) is 7.48. The molecule has 0 saturated carbocycles. The Morgan fingerprint density at radius 3 is 2.24 bits per heavy atom. The van der Waals surface area contributed by atoms with E-state index in [-0.39, 0.29) is 11.1 Å². The van der Waals surface area contributed by atoms with Crippen LogP contribution in [0, 0.1) is 0 Å². The number of carboxylic acid groups (broad SMARTS) is 1. The summed E-state index contributed by atoms with van der Waals surface area (Å²) in [5.41, 5.74) is -1.40. The van der Waals surface area contributed by atoms with E-state index < -0.39 is 82.0 Å². The zero-order chi connectivity index (χ0) is 24.9. The molecular formula is C21H18O13. The lowest BCUT2D eigenvalue weighted by Crippen LogP contribution is -2.61. The fourth-order valence-electron chi connectivity index (χ4n) is 3.50. The molecule has 13 heteroatoms. The maximum atomic E-state index is 13.2. The highest BCUT2D eigenvalue weighted by Gasteiger charge is 2.48. The van der Waals surface area contributed by atoms with Crippen molar-refractivity contribution in [3.63, 3.8) is 0 Å². The van der Waals surface area contributed by atoms with Crippen LogP contribution in [0.5, 0.6) is 28.7 Å². The van der Waals surface area contributed by atoms with Gasteiger partial charge >= 0.3 is 5.97 Å². The molecule has 3 aromatic rings. The Kier molecular flexibility index (Phi) is 5.70. The Morgan fingerprint density at radius 1 is 0.882 bits per heavy atom. The third-order valence-electron chi connectivity index (χ3n) is 5.20. The number of hydrogen-bond acceptors (Lipinski definition) is 12. The molecule has 2 aromatic carbocycles. The minimum atomic E-state index is -2.03. The largest absolute Gasteiger partial charge is 0.508 e. The summed E-state index contributed by atoms with van der Waals surface area (Å²) < 4.78 is 16.1. The molecule has 0 unspecified atom stereocenters. The molecule has 1 aliphatic rings. The molecule has 34 heavy (non-hydrogen) atoms. The topological polar surface area (TPSA) is 228 Å². The number of aliphatic carboxylic acids is 1. The first-order valence-corrected chi connectivity index (χ1v) is 9.64. The first kappa shape index (κ1) is 23.1. The van der Waals surface area contributed by atoms with Gasteiger partial charge in [-0.25, -0.2) is 4.79 Å². The van der Waals surface area contributed by atoms with Crippen molar-refractivity contribution in [3.05, 3.63) is 40.6 Å². The van der Waals surface area contributed by atoms with Gasteiger partial charge in [-0.05, 0) is 18.2 Å². The summed E-state index contributed by atoms with van der Waals surface area (Å²) in [5.74, 6) is -5.11. The fraction of sp³-hybridized carbons (Fsp3) is 0.238. The second-order valence-corrected chi connectivity index (χ2v) is 7.48. The standard InChI is InChI=1S/C21H18O13/c22-7-4-10(25)12-11(5-7)32-17(6-1-2-8(23)9(24)3-6)18(13(12)26)33-21-16(29)14(27)15(28)19(34-21)20(30)31/h1-5,14-16,19,21-25,27-29H,(H,30,31)/t14-,15-,16-,19+,21+/m1/s1. The van der Waals surface area contributed by atoms with E-state index in [0.717, 1.165) is 24.3 Å². The van der Waals surface area contributed by atoms with E-state index >= 15 is 0 Å². The van der Waals surface area contributed by atoms with Gasteiger partial charge in [0, 0.05) is 17.7 Å². The van der Waals surface area contributed by atoms with Crippen molar-refractivity contribution < 1.29 is 59.5 Å². The van der Waals surface area contributed by atoms with E-state index in [1.54, 1.807) is 0 Å². The summed E-state index contributed by atoms with van der Waals surface area (Å²) in [6.07, 6.45) is -10.1. The normalized spacial score (nSPS) is 24.7. The Balaban J connectivity index is 1.91. The minimum Gasteiger partial charge on any atom is -0.508 e. The first-order chi connectivity index (χ1) is 16.0. The lowest BCUT2D eigenvalue weighted by molar-refractivity contribution is -0.271. The van der Waals surface area contributed by atoms with Crippen LogP contribution in [0.4, 0.5) is 0 Å². The maximum absolute atomic E-state index is 13.2. The Hall–Kier alpha value is -4.04. The van der Waals surface area contributed by atoms with Crippen molar-refractivity contribution in [2.75, 3.05) is 0 Å². The van der Waals surface area contributed by atoms with Gasteiger partial charge in [-0.2, -0.15) is 0 Å². The summed E-state index contributed by atoms with van der Waals surface area (Å²) in [6, 6.07) is 5.13. The van der Waals surface area contributed by atoms with Gasteiger partial charge in [-0.15, -0.1) is 0 Å². The highest BCUT2D eigenvalue weighted by molar-refractivity contribution is 5.88. The van der Waals surface area contributed by atoms with E-state index in [4.69, 9.17) is 13.9 Å². The summed E-state index contributed by atoms with van der Waals surface area (Å²) in [6.45, 7) is 0. The first-order valence-electron chi connectivity index (χ1n) is 9.64. The van der Waals surface area contributed by atoms with Gasteiger partial charge in [0.2, 0.25) is 17.5 Å². The fourth-order valence-corrected chi connectivity index (χ4v) is 3.50. The van der Waals surface area contributed by atoms with Gasteiger partial charge in [0.25, 0.3) is 0 Å². The number of carboxylic acids is 1. The number of benzene rings is 2. The number of hydrogen-bond donors (Lipinski definition) is 8. The third-order valence-corrected chi connectivity index (χ3v) is 5.20. The molecule has 1 saturated heterocycles. The van der Waals surface area contributed by atoms with Gasteiger partial charge in [-0.3, -0.25) is 4.79 Å². The third kappa shape index (κ3) is 3.82. The highest BCUT2D eigenvalue weighted by Crippen LogP contribution is 2.39. The molecule has 0 bridgehead atoms. The van der Waals surface area contributed by atoms with Crippen molar-refractivity contribution in [2.45, 2.75) is 30.7 Å². The van der Waals surface area contributed by atoms with Gasteiger partial charge in [0.05, 0.1) is 0 Å². The second kappa shape index (κ2) is 8.39. The van der Waals surface area contributed by atoms with E-state index in [0.29, 0.717) is 0 Å². The monoisotopic (exact) mass is 478 g/mol. The molecular weight excluding hydrogens is 460 g/mol. The quantitative estimate of drug-likeness (QED) is 0.223. The number of aliphatic hydroxyl groups excluding tert-OH is 3. The number of carbonyl (C=O) groups is 1. The van der Waals surface area contributed by atoms with E-state index in [2.05, 4.69) is 0 Å². The predicted octanol–water partition coefficient (Wildman–Crippen LogP) is -0.447. The van der Waals surface area contributed by atoms with Crippen LogP contribution in [0.15, 0.2) is 39.5 Å². The number of aliphatic hydroxyl groups is 3. The molecule has 1 aromatic heterocycles. The Bertz CT molecular complexity index is 1330. The Labute approximate surface area is 188 Å². The molecule has 0 radical (unpaired) electrons. The number of rotatable bonds is 4. The zero-order valence-electron chi connectivity index (χ0n) is 16.9. The van der Waals surface area contributed by atoms with Gasteiger partial charge < -0.3 is 54.7 Å². The van der Waals surface area contributed by atoms with Gasteiger partial charge in [0.15, 0.2) is 23.4 Å². The van der Waals surface area contributed by atoms with Gasteiger partial charge in [-0.1, -0.05) is 0 Å². The number of phenols is 4. The van der Waals surface area contributed by atoms with Crippen LogP contribution in [0.2, 0.25) is 0 Å². The molecule has 2 heterocycles. The molecule has 5 atom stereocenters. The van der Waals surface area contributed by atoms with Crippen LogP contribution in [0.3, 0.4) is 0 Å². The van der Waals surface area contributed by atoms with Crippen molar-refractivity contribution >= 4 is 16.9 Å². The van der Waals surface area contributed by atoms with Crippen molar-refractivity contribution in [1.82, 2.24) is 0 Å². The number of fused-ring (bicyclic) bond motifs is 1. The van der Waals surface area contributed by atoms with Crippen molar-refractivity contribution in [1.29, 1.82) is 0 Å². The lowest BCUT2D eigenvalue weighted by Gasteiger charge is -2.38. The average Bonchev–Trinajstić information content (AvgIpc) is 2.76. The van der Waals surface area contributed by atoms with Crippen LogP contribution < -0.4 is 10.2 Å². The number of aromatic hydroxyl groups is 4. The van der Waals surface area contributed by atoms with E-state index in [9.17, 15) is 50.4 Å². The zero-order valence-corrected chi connectivity index (χ0v) is 16.9. The summed E-state index contributed by atoms with van der Waals surface area (Å²) in [5, 5.41) is 78.3. The van der Waals surface area contributed by atoms with Crippen molar-refractivity contribution in [2.24, 2.45) is 0 Å². The summed E-state index contributed by atoms with van der Waals surface area (Å²) in [4.78, 5) is 24.6. The van der Waals surface area contributed by atoms with Crippen LogP contribution in [0.1, 0.15) is 0 Å². The molecule has 1 aliphatic heterocycles. The van der Waals surface area contributed by atoms with Gasteiger partial charge in [0.1, 0.15) is 40.8 Å². The van der Waals surface area contributed by atoms with Crippen LogP contribution >= 0.6 is 0 Å². The molecule has 180 valence electrons. The Morgan fingerprint density at radius 2 is 1.59 bits per heavy atom. The molecule has 0 spiro atoms. The SMILES string of the molecule is O=C(O)[C@H]1O[C@H](Oc2c(-c3ccc(O)c(O)c3)oc3cc(O)cc(O)c3c2=O)[C@H](O)[C@H](O)[C@H]1O. The number of phenolic OH excluding ortho intramolecular Hbond substituents is 4. The lowest BCUT2D eigenvalue weighted by atomic mass is 9.99. The van der Waals surface area contributed by atoms with E-state index in [1.165, 1.54) is 6.07 Å². The van der Waals surface area contributed by atoms with E-state index in [1.807, 2.05) is 0 Å². The smallest absolute Gasteiger partial charge is 0.335 e. The molecule has 4 rings (SSSR count). The average molecular weight is 478 g/mol. The van der Waals surface area contributed by atoms with Crippen LogP contribution in [-0.2, 0) is 9.53 Å². The van der Waals surface area contributed by atoms with Crippen LogP contribution in [0.25, 0.3) is 22.3 Å². The summed E-state index contributed by atoms with van der Waals surface area (Å²) >= 11 is 0. The predicted molar refractivity (Wildman–Crippen MR) is 110 cm³/mol. The molecule has 0 aliphatic carbocycles. The highest BCUT2D eigenvalue weighted by atomic mass is 16.7. The molecule has 0 amide bonds. The maximum Gasteiger partial charge on any atom is 0.335 e. The molecule has 8 N–H and O–H groups in total. The number of ether oxygens (including phenoxy) is 2. The summed E-state index contributed by atoms with van der Waals surface area (Å²) in [7, 11) is 0.